The van der Waals surface area contributed by atoms with E-state index in [4.69, 9.17) is 42.0 Å². The van der Waals surface area contributed by atoms with Gasteiger partial charge in [0.05, 0.1) is 39.6 Å². The third kappa shape index (κ3) is 16.6. The number of hydrogen-bond donors (Lipinski definition) is 0. The van der Waals surface area contributed by atoms with E-state index >= 15 is 13.2 Å². The molecular weight excluding hydrogens is 1010 g/mol. The molecule has 0 radical (unpaired) electrons. The van der Waals surface area contributed by atoms with Gasteiger partial charge in [-0.15, -0.1) is 0 Å². The second-order valence-electron chi connectivity index (χ2n) is 17.1. The van der Waals surface area contributed by atoms with Gasteiger partial charge in [-0.25, -0.2) is 27.6 Å². The number of halogens is 3. The lowest BCUT2D eigenvalue weighted by Gasteiger charge is -2.08. The Morgan fingerprint density at radius 3 is 0.935 bits per heavy atom. The molecular formula is C56H55F3N6O12. The van der Waals surface area contributed by atoms with Gasteiger partial charge in [0.25, 0.3) is 17.7 Å². The van der Waals surface area contributed by atoms with E-state index in [2.05, 4.69) is 50.2 Å². The number of hydrogen-bond acceptors (Lipinski definition) is 18. The van der Waals surface area contributed by atoms with Crippen molar-refractivity contribution in [1.82, 2.24) is 30.4 Å². The Labute approximate surface area is 440 Å². The molecule has 21 heteroatoms. The first kappa shape index (κ1) is 55.9. The van der Waals surface area contributed by atoms with E-state index < -0.39 is 35.4 Å². The van der Waals surface area contributed by atoms with Gasteiger partial charge in [-0.1, -0.05) is 35.2 Å². The highest BCUT2D eigenvalue weighted by Crippen LogP contribution is 2.35. The van der Waals surface area contributed by atoms with Crippen LogP contribution in [0.15, 0.2) is 124 Å². The fourth-order valence-electron chi connectivity index (χ4n) is 7.38. The van der Waals surface area contributed by atoms with Gasteiger partial charge < -0.3 is 42.0 Å². The van der Waals surface area contributed by atoms with Crippen LogP contribution in [0.2, 0.25) is 0 Å². The van der Waals surface area contributed by atoms with Gasteiger partial charge in [0.15, 0.2) is 34.7 Å². The maximum absolute atomic E-state index is 15.3. The first-order chi connectivity index (χ1) is 37.5. The molecule has 7 rings (SSSR count). The minimum atomic E-state index is -0.649. The maximum Gasteiger partial charge on any atom is 0.330 e. The summed E-state index contributed by atoms with van der Waals surface area (Å²) >= 11 is 0. The highest BCUT2D eigenvalue weighted by Gasteiger charge is 2.22. The van der Waals surface area contributed by atoms with E-state index in [1.807, 2.05) is 0 Å². The molecule has 7 aromatic rings. The SMILES string of the molecule is C=CC(=O)OCCCCCCOc1ccc(-c2noc(-c3cc(-c4nc(-c5ccc(OCCCCCCOC(=O)C=C)c(F)c5)no4)cc(-c4nc(-c5ccc(OCCCCCOC(=O)C=C)c(F)c5)no4)c3)n2)cc1F. The van der Waals surface area contributed by atoms with Gasteiger partial charge >= 0.3 is 17.9 Å². The Morgan fingerprint density at radius 2 is 0.662 bits per heavy atom. The Bertz CT molecular complexity index is 2990. The number of ether oxygens (including phenoxy) is 6. The summed E-state index contributed by atoms with van der Waals surface area (Å²) in [5, 5.41) is 12.3. The van der Waals surface area contributed by atoms with Crippen LogP contribution in [0.1, 0.15) is 70.6 Å². The van der Waals surface area contributed by atoms with E-state index in [-0.39, 0.29) is 78.8 Å². The van der Waals surface area contributed by atoms with Gasteiger partial charge in [-0.05, 0) is 143 Å². The third-order valence-corrected chi connectivity index (χ3v) is 11.4. The average molecular weight is 1060 g/mol. The largest absolute Gasteiger partial charge is 0.491 e. The first-order valence-electron chi connectivity index (χ1n) is 24.8. The number of aromatic nitrogens is 6. The molecule has 4 aromatic carbocycles. The number of carbonyl (C=O) groups is 3. The van der Waals surface area contributed by atoms with Crippen molar-refractivity contribution in [3.05, 3.63) is 128 Å². The maximum atomic E-state index is 15.3. The molecule has 402 valence electrons. The average Bonchev–Trinajstić information content (AvgIpc) is 4.27. The van der Waals surface area contributed by atoms with Gasteiger partial charge in [0.1, 0.15) is 0 Å². The summed E-state index contributed by atoms with van der Waals surface area (Å²) in [5.41, 5.74) is 1.86. The van der Waals surface area contributed by atoms with Crippen molar-refractivity contribution >= 4 is 17.9 Å². The van der Waals surface area contributed by atoms with Crippen LogP contribution in [0.3, 0.4) is 0 Å². The molecule has 0 spiro atoms. The zero-order valence-electron chi connectivity index (χ0n) is 42.0. The standard InChI is InChI=1S/C56H55F3N6O12/c1-4-48(66)72-27-14-9-7-12-24-69-45-21-18-36(33-42(45)57)51-60-54(75-63-51)39-30-40(55-61-52(64-76-55)37-19-22-46(43(58)34-37)70-25-13-8-10-15-28-73-49(67)5-2)32-41(31-39)56-62-53(65-77-56)38-20-23-47(44(59)35-38)71-26-16-11-17-29-74-50(68)6-3/h4-6,18-23,30-35H,1-3,7-17,24-29H2. The van der Waals surface area contributed by atoms with Gasteiger partial charge in [0.2, 0.25) is 17.5 Å². The molecule has 0 saturated heterocycles. The lowest BCUT2D eigenvalue weighted by molar-refractivity contribution is -0.138. The number of esters is 3. The normalized spacial score (nSPS) is 10.9. The Hall–Kier alpha value is -8.88. The smallest absolute Gasteiger partial charge is 0.330 e. The molecule has 0 N–H and O–H groups in total. The summed E-state index contributed by atoms with van der Waals surface area (Å²) in [6.07, 6.45) is 11.1. The predicted molar refractivity (Wildman–Crippen MR) is 273 cm³/mol. The van der Waals surface area contributed by atoms with E-state index in [0.717, 1.165) is 43.9 Å². The summed E-state index contributed by atoms with van der Waals surface area (Å²) in [5.74, 6) is -3.03. The van der Waals surface area contributed by atoms with E-state index in [1.54, 1.807) is 36.4 Å². The number of carbonyl (C=O) groups excluding carboxylic acids is 3. The summed E-state index contributed by atoms with van der Waals surface area (Å²) in [6.45, 7) is 11.7. The Morgan fingerprint density at radius 1 is 0.390 bits per heavy atom. The van der Waals surface area contributed by atoms with Crippen molar-refractivity contribution in [2.45, 2.75) is 70.6 Å². The van der Waals surface area contributed by atoms with Crippen molar-refractivity contribution in [2.24, 2.45) is 0 Å². The number of unbranched alkanes of at least 4 members (excludes halogenated alkanes) is 8. The molecule has 77 heavy (non-hydrogen) atoms. The van der Waals surface area contributed by atoms with Crippen molar-refractivity contribution in [1.29, 1.82) is 0 Å². The highest BCUT2D eigenvalue weighted by molar-refractivity contribution is 5.82. The molecule has 0 bridgehead atoms. The second-order valence-corrected chi connectivity index (χ2v) is 17.1. The Balaban J connectivity index is 1.06. The van der Waals surface area contributed by atoms with Crippen molar-refractivity contribution in [3.63, 3.8) is 0 Å². The van der Waals surface area contributed by atoms with E-state index in [0.29, 0.717) is 91.5 Å². The van der Waals surface area contributed by atoms with Crippen molar-refractivity contribution in [2.75, 3.05) is 39.6 Å². The van der Waals surface area contributed by atoms with Crippen LogP contribution in [0.4, 0.5) is 13.2 Å². The number of benzene rings is 4. The molecule has 0 aliphatic heterocycles. The van der Waals surface area contributed by atoms with Gasteiger partial charge in [-0.3, -0.25) is 0 Å². The highest BCUT2D eigenvalue weighted by atomic mass is 19.1. The van der Waals surface area contributed by atoms with Crippen molar-refractivity contribution in [3.8, 4) is 85.8 Å². The topological polar surface area (TPSA) is 223 Å². The fraction of sp³-hybridized carbons (Fsp3) is 0.304. The minimum absolute atomic E-state index is 0.000415. The molecule has 0 aliphatic rings. The van der Waals surface area contributed by atoms with Crippen LogP contribution in [0.5, 0.6) is 17.2 Å². The first-order valence-corrected chi connectivity index (χ1v) is 24.8. The van der Waals surface area contributed by atoms with Gasteiger partial charge in [-0.2, -0.15) is 15.0 Å². The number of rotatable bonds is 32. The van der Waals surface area contributed by atoms with Crippen LogP contribution in [-0.4, -0.2) is 88.0 Å². The van der Waals surface area contributed by atoms with Crippen LogP contribution < -0.4 is 14.2 Å². The molecule has 3 aromatic heterocycles. The molecule has 0 atom stereocenters. The molecule has 3 heterocycles. The number of nitrogens with zero attached hydrogens (tertiary/aromatic N) is 6. The van der Waals surface area contributed by atoms with Crippen LogP contribution >= 0.6 is 0 Å². The quantitative estimate of drug-likeness (QED) is 0.0165. The summed E-state index contributed by atoms with van der Waals surface area (Å²) in [6, 6.07) is 17.7. The van der Waals surface area contributed by atoms with Crippen LogP contribution in [0, 0.1) is 17.5 Å². The third-order valence-electron chi connectivity index (χ3n) is 11.4. The van der Waals surface area contributed by atoms with Gasteiger partial charge in [0, 0.05) is 51.6 Å². The molecule has 0 amide bonds. The lowest BCUT2D eigenvalue weighted by Crippen LogP contribution is -2.03. The zero-order valence-corrected chi connectivity index (χ0v) is 42.0. The summed E-state index contributed by atoms with van der Waals surface area (Å²) < 4.78 is 95.0. The molecule has 0 saturated carbocycles. The van der Waals surface area contributed by atoms with Crippen LogP contribution in [-0.2, 0) is 28.6 Å². The monoisotopic (exact) mass is 1060 g/mol. The fourth-order valence-corrected chi connectivity index (χ4v) is 7.38. The summed E-state index contributed by atoms with van der Waals surface area (Å²) in [4.78, 5) is 47.3. The van der Waals surface area contributed by atoms with E-state index in [9.17, 15) is 14.4 Å². The predicted octanol–water partition coefficient (Wildman–Crippen LogP) is 11.9. The zero-order chi connectivity index (χ0) is 54.4. The van der Waals surface area contributed by atoms with E-state index in [1.165, 1.54) is 36.4 Å². The molecule has 0 aliphatic carbocycles. The Kier molecular flexibility index (Phi) is 20.8. The van der Waals surface area contributed by atoms with Crippen molar-refractivity contribution < 1.29 is 69.5 Å². The molecule has 0 fully saturated rings. The lowest BCUT2D eigenvalue weighted by atomic mass is 10.0. The van der Waals surface area contributed by atoms with Crippen LogP contribution in [0.25, 0.3) is 68.5 Å². The molecule has 0 unspecified atom stereocenters. The summed E-state index contributed by atoms with van der Waals surface area (Å²) in [7, 11) is 0. The second kappa shape index (κ2) is 28.7. The minimum Gasteiger partial charge on any atom is -0.491 e. The molecule has 18 nitrogen and oxygen atoms in total.